The predicted octanol–water partition coefficient (Wildman–Crippen LogP) is 1.12. The SMILES string of the molecule is Cl.Cl.O=C(CCNC(=O)C1CCCN1)Nc1ccccn1. The fourth-order valence-corrected chi connectivity index (χ4v) is 1.97. The average Bonchev–Trinajstić information content (AvgIpc) is 2.93. The first-order valence-corrected chi connectivity index (χ1v) is 6.47. The summed E-state index contributed by atoms with van der Waals surface area (Å²) in [6.07, 6.45) is 3.75. The molecule has 1 aliphatic heterocycles. The van der Waals surface area contributed by atoms with E-state index in [4.69, 9.17) is 0 Å². The van der Waals surface area contributed by atoms with Gasteiger partial charge in [-0.3, -0.25) is 9.59 Å². The Hall–Kier alpha value is -1.37. The minimum atomic E-state index is -0.154. The molecule has 0 saturated carbocycles. The van der Waals surface area contributed by atoms with Gasteiger partial charge >= 0.3 is 0 Å². The lowest BCUT2D eigenvalue weighted by Gasteiger charge is -2.10. The lowest BCUT2D eigenvalue weighted by Crippen LogP contribution is -2.41. The van der Waals surface area contributed by atoms with E-state index in [2.05, 4.69) is 20.9 Å². The second-order valence-electron chi connectivity index (χ2n) is 4.45. The van der Waals surface area contributed by atoms with E-state index in [-0.39, 0.29) is 49.1 Å². The van der Waals surface area contributed by atoms with Crippen LogP contribution in [0.1, 0.15) is 19.3 Å². The first-order valence-electron chi connectivity index (χ1n) is 6.47. The Balaban J connectivity index is 0.00000200. The molecule has 0 radical (unpaired) electrons. The van der Waals surface area contributed by atoms with Crippen molar-refractivity contribution in [1.82, 2.24) is 15.6 Å². The first kappa shape index (κ1) is 19.6. The van der Waals surface area contributed by atoms with Crippen LogP contribution in [-0.4, -0.2) is 35.9 Å². The fraction of sp³-hybridized carbons (Fsp3) is 0.462. The Labute approximate surface area is 136 Å². The number of nitrogens with zero attached hydrogens (tertiary/aromatic N) is 1. The van der Waals surface area contributed by atoms with Crippen LogP contribution in [-0.2, 0) is 9.59 Å². The number of halogens is 2. The van der Waals surface area contributed by atoms with Crippen LogP contribution in [0, 0.1) is 0 Å². The summed E-state index contributed by atoms with van der Waals surface area (Å²) in [5.74, 6) is 0.345. The molecule has 1 aromatic rings. The summed E-state index contributed by atoms with van der Waals surface area (Å²) >= 11 is 0. The van der Waals surface area contributed by atoms with Crippen molar-refractivity contribution in [1.29, 1.82) is 0 Å². The molecule has 0 spiro atoms. The number of amides is 2. The van der Waals surface area contributed by atoms with Crippen molar-refractivity contribution in [2.24, 2.45) is 0 Å². The van der Waals surface area contributed by atoms with E-state index < -0.39 is 0 Å². The maximum absolute atomic E-state index is 11.7. The topological polar surface area (TPSA) is 83.1 Å². The van der Waals surface area contributed by atoms with Crippen molar-refractivity contribution in [3.05, 3.63) is 24.4 Å². The molecule has 21 heavy (non-hydrogen) atoms. The number of hydrogen-bond acceptors (Lipinski definition) is 4. The van der Waals surface area contributed by atoms with E-state index in [1.54, 1.807) is 24.4 Å². The van der Waals surface area contributed by atoms with E-state index in [9.17, 15) is 9.59 Å². The highest BCUT2D eigenvalue weighted by atomic mass is 35.5. The van der Waals surface area contributed by atoms with Crippen LogP contribution >= 0.6 is 24.8 Å². The van der Waals surface area contributed by atoms with Crippen molar-refractivity contribution < 1.29 is 9.59 Å². The van der Waals surface area contributed by atoms with E-state index >= 15 is 0 Å². The zero-order valence-electron chi connectivity index (χ0n) is 11.5. The van der Waals surface area contributed by atoms with Crippen LogP contribution < -0.4 is 16.0 Å². The Morgan fingerprint density at radius 2 is 2.14 bits per heavy atom. The van der Waals surface area contributed by atoms with Gasteiger partial charge in [-0.25, -0.2) is 4.98 Å². The summed E-state index contributed by atoms with van der Waals surface area (Å²) < 4.78 is 0. The predicted molar refractivity (Wildman–Crippen MR) is 86.0 cm³/mol. The lowest BCUT2D eigenvalue weighted by atomic mass is 10.2. The molecule has 1 atom stereocenters. The van der Waals surface area contributed by atoms with Crippen molar-refractivity contribution in [3.8, 4) is 0 Å². The van der Waals surface area contributed by atoms with Crippen LogP contribution in [0.2, 0.25) is 0 Å². The van der Waals surface area contributed by atoms with Gasteiger partial charge < -0.3 is 16.0 Å². The zero-order valence-corrected chi connectivity index (χ0v) is 13.1. The van der Waals surface area contributed by atoms with E-state index in [0.717, 1.165) is 19.4 Å². The molecule has 1 aromatic heterocycles. The fourth-order valence-electron chi connectivity index (χ4n) is 1.97. The highest BCUT2D eigenvalue weighted by molar-refractivity contribution is 5.90. The van der Waals surface area contributed by atoms with Crippen LogP contribution in [0.5, 0.6) is 0 Å². The van der Waals surface area contributed by atoms with Gasteiger partial charge in [0.2, 0.25) is 11.8 Å². The molecule has 1 fully saturated rings. The number of carbonyl (C=O) groups excluding carboxylic acids is 2. The first-order chi connectivity index (χ1) is 9.25. The van der Waals surface area contributed by atoms with Gasteiger partial charge in [-0.1, -0.05) is 6.07 Å². The highest BCUT2D eigenvalue weighted by Gasteiger charge is 2.21. The van der Waals surface area contributed by atoms with Gasteiger partial charge in [0.05, 0.1) is 6.04 Å². The third-order valence-corrected chi connectivity index (χ3v) is 2.96. The highest BCUT2D eigenvalue weighted by Crippen LogP contribution is 2.04. The van der Waals surface area contributed by atoms with Crippen LogP contribution in [0.3, 0.4) is 0 Å². The minimum Gasteiger partial charge on any atom is -0.354 e. The van der Waals surface area contributed by atoms with E-state index in [1.807, 2.05) is 0 Å². The van der Waals surface area contributed by atoms with E-state index in [0.29, 0.717) is 12.4 Å². The van der Waals surface area contributed by atoms with Gasteiger partial charge in [0.15, 0.2) is 0 Å². The van der Waals surface area contributed by atoms with Crippen molar-refractivity contribution in [2.75, 3.05) is 18.4 Å². The number of nitrogens with one attached hydrogen (secondary N) is 3. The summed E-state index contributed by atoms with van der Waals surface area (Å²) in [6.45, 7) is 1.23. The van der Waals surface area contributed by atoms with Crippen LogP contribution in [0.25, 0.3) is 0 Å². The number of rotatable bonds is 5. The molecular formula is C13H20Cl2N4O2. The standard InChI is InChI=1S/C13H18N4O2.2ClH/c18-12(17-11-5-1-2-7-15-11)6-9-16-13(19)10-4-3-8-14-10;;/h1-2,5,7,10,14H,3-4,6,8-9H2,(H,16,19)(H,15,17,18);2*1H. The molecular weight excluding hydrogens is 315 g/mol. The molecule has 0 bridgehead atoms. The van der Waals surface area contributed by atoms with Crippen LogP contribution in [0.4, 0.5) is 5.82 Å². The van der Waals surface area contributed by atoms with Crippen molar-refractivity contribution in [3.63, 3.8) is 0 Å². The molecule has 118 valence electrons. The average molecular weight is 335 g/mol. The molecule has 3 N–H and O–H groups in total. The lowest BCUT2D eigenvalue weighted by molar-refractivity contribution is -0.122. The second-order valence-corrected chi connectivity index (χ2v) is 4.45. The smallest absolute Gasteiger partial charge is 0.237 e. The van der Waals surface area contributed by atoms with Gasteiger partial charge in [0.25, 0.3) is 0 Å². The molecule has 1 saturated heterocycles. The quantitative estimate of drug-likeness (QED) is 0.753. The molecule has 0 aliphatic carbocycles. The van der Waals surface area contributed by atoms with Crippen molar-refractivity contribution >= 4 is 42.4 Å². The Bertz CT molecular complexity index is 439. The number of aromatic nitrogens is 1. The molecule has 2 heterocycles. The number of carbonyl (C=O) groups is 2. The van der Waals surface area contributed by atoms with Gasteiger partial charge in [-0.05, 0) is 31.5 Å². The molecule has 1 aliphatic rings. The van der Waals surface area contributed by atoms with Gasteiger partial charge in [0, 0.05) is 19.2 Å². The van der Waals surface area contributed by atoms with Gasteiger partial charge in [-0.2, -0.15) is 0 Å². The largest absolute Gasteiger partial charge is 0.354 e. The third-order valence-electron chi connectivity index (χ3n) is 2.96. The third kappa shape index (κ3) is 6.75. The molecule has 0 aromatic carbocycles. The van der Waals surface area contributed by atoms with Crippen LogP contribution in [0.15, 0.2) is 24.4 Å². The summed E-state index contributed by atoms with van der Waals surface area (Å²) in [5.41, 5.74) is 0. The maximum atomic E-state index is 11.7. The summed E-state index contributed by atoms with van der Waals surface area (Å²) in [5, 5.41) is 8.54. The molecule has 2 amide bonds. The van der Waals surface area contributed by atoms with Gasteiger partial charge in [0.1, 0.15) is 5.82 Å². The van der Waals surface area contributed by atoms with E-state index in [1.165, 1.54) is 0 Å². The normalized spacial score (nSPS) is 16.3. The maximum Gasteiger partial charge on any atom is 0.237 e. The molecule has 1 unspecified atom stereocenters. The number of pyridine rings is 1. The summed E-state index contributed by atoms with van der Waals surface area (Å²) in [4.78, 5) is 27.3. The van der Waals surface area contributed by atoms with Gasteiger partial charge in [-0.15, -0.1) is 24.8 Å². The Morgan fingerprint density at radius 1 is 1.33 bits per heavy atom. The molecule has 2 rings (SSSR count). The molecule has 6 nitrogen and oxygen atoms in total. The van der Waals surface area contributed by atoms with Crippen molar-refractivity contribution in [2.45, 2.75) is 25.3 Å². The number of hydrogen-bond donors (Lipinski definition) is 3. The monoisotopic (exact) mass is 334 g/mol. The Morgan fingerprint density at radius 3 is 2.76 bits per heavy atom. The Kier molecular flexibility index (Phi) is 9.69. The number of anilines is 1. The molecule has 8 heteroatoms. The summed E-state index contributed by atoms with van der Waals surface area (Å²) in [6, 6.07) is 5.21. The summed E-state index contributed by atoms with van der Waals surface area (Å²) in [7, 11) is 0. The second kappa shape index (κ2) is 10.4. The minimum absolute atomic E-state index is 0. The zero-order chi connectivity index (χ0) is 13.5.